The van der Waals surface area contributed by atoms with Crippen molar-refractivity contribution in [1.29, 1.82) is 0 Å². The summed E-state index contributed by atoms with van der Waals surface area (Å²) in [5.74, 6) is -2.10. The van der Waals surface area contributed by atoms with Crippen molar-refractivity contribution >= 4 is 5.91 Å². The molecule has 18 heavy (non-hydrogen) atoms. The Balaban J connectivity index is 2.79. The number of hydrogen-bond acceptors (Lipinski definition) is 3. The lowest BCUT2D eigenvalue weighted by Gasteiger charge is -2.20. The zero-order chi connectivity index (χ0) is 13.5. The summed E-state index contributed by atoms with van der Waals surface area (Å²) in [6.07, 6.45) is -0.432. The molecular weight excluding hydrogens is 244 g/mol. The molecule has 0 saturated heterocycles. The van der Waals surface area contributed by atoms with Crippen molar-refractivity contribution in [2.75, 3.05) is 26.3 Å². The van der Waals surface area contributed by atoms with Crippen LogP contribution in [-0.2, 0) is 11.2 Å². The van der Waals surface area contributed by atoms with E-state index >= 15 is 0 Å². The summed E-state index contributed by atoms with van der Waals surface area (Å²) < 4.78 is 26.7. The van der Waals surface area contributed by atoms with Crippen LogP contribution in [0.2, 0.25) is 0 Å². The topological polar surface area (TPSA) is 60.8 Å². The van der Waals surface area contributed by atoms with E-state index < -0.39 is 24.0 Å². The van der Waals surface area contributed by atoms with Gasteiger partial charge < -0.3 is 15.1 Å². The summed E-state index contributed by atoms with van der Waals surface area (Å²) in [4.78, 5) is 12.9. The Bertz CT molecular complexity index is 386. The second-order valence-corrected chi connectivity index (χ2v) is 3.70. The maximum absolute atomic E-state index is 13.3. The third-order valence-corrected chi connectivity index (χ3v) is 2.48. The lowest BCUT2D eigenvalue weighted by atomic mass is 10.1. The minimum absolute atomic E-state index is 0.0233. The van der Waals surface area contributed by atoms with Crippen LogP contribution in [0.3, 0.4) is 0 Å². The predicted octanol–water partition coefficient (Wildman–Crippen LogP) is 0.321. The lowest BCUT2D eigenvalue weighted by molar-refractivity contribution is -0.131. The van der Waals surface area contributed by atoms with Gasteiger partial charge in [0.15, 0.2) is 0 Å². The van der Waals surface area contributed by atoms with Crippen LogP contribution >= 0.6 is 0 Å². The molecule has 1 aromatic carbocycles. The molecule has 0 fully saturated rings. The van der Waals surface area contributed by atoms with Crippen LogP contribution in [0.25, 0.3) is 0 Å². The average molecular weight is 259 g/mol. The fourth-order valence-corrected chi connectivity index (χ4v) is 1.57. The van der Waals surface area contributed by atoms with E-state index in [-0.39, 0.29) is 31.9 Å². The van der Waals surface area contributed by atoms with Crippen molar-refractivity contribution in [3.05, 3.63) is 35.4 Å². The van der Waals surface area contributed by atoms with Crippen molar-refractivity contribution in [3.63, 3.8) is 0 Å². The molecule has 0 aliphatic heterocycles. The number of carbonyl (C=O) groups is 1. The van der Waals surface area contributed by atoms with Crippen LogP contribution in [0.5, 0.6) is 0 Å². The van der Waals surface area contributed by atoms with E-state index in [4.69, 9.17) is 10.2 Å². The molecule has 0 saturated carbocycles. The maximum Gasteiger partial charge on any atom is 0.227 e. The Morgan fingerprint density at radius 3 is 2.06 bits per heavy atom. The van der Waals surface area contributed by atoms with Gasteiger partial charge in [-0.2, -0.15) is 0 Å². The Hall–Kier alpha value is -1.53. The normalized spacial score (nSPS) is 10.4. The van der Waals surface area contributed by atoms with Gasteiger partial charge in [0.25, 0.3) is 0 Å². The van der Waals surface area contributed by atoms with E-state index in [1.54, 1.807) is 0 Å². The molecule has 4 nitrogen and oxygen atoms in total. The van der Waals surface area contributed by atoms with Crippen molar-refractivity contribution in [2.45, 2.75) is 6.42 Å². The zero-order valence-corrected chi connectivity index (χ0v) is 9.77. The van der Waals surface area contributed by atoms with Gasteiger partial charge in [0.1, 0.15) is 11.6 Å². The van der Waals surface area contributed by atoms with Gasteiger partial charge in [0.05, 0.1) is 19.6 Å². The highest BCUT2D eigenvalue weighted by molar-refractivity contribution is 5.78. The average Bonchev–Trinajstić information content (AvgIpc) is 2.33. The molecule has 6 heteroatoms. The fourth-order valence-electron chi connectivity index (χ4n) is 1.57. The van der Waals surface area contributed by atoms with Gasteiger partial charge >= 0.3 is 0 Å². The molecule has 0 atom stereocenters. The Morgan fingerprint density at radius 2 is 1.61 bits per heavy atom. The summed E-state index contributed by atoms with van der Waals surface area (Å²) in [5, 5.41) is 17.5. The first-order valence-electron chi connectivity index (χ1n) is 5.52. The Labute approximate surface area is 103 Å². The third-order valence-electron chi connectivity index (χ3n) is 2.48. The minimum Gasteiger partial charge on any atom is -0.395 e. The van der Waals surface area contributed by atoms with Crippen LogP contribution in [-0.4, -0.2) is 47.3 Å². The van der Waals surface area contributed by atoms with Crippen LogP contribution in [0.1, 0.15) is 5.56 Å². The first kappa shape index (κ1) is 14.5. The molecular formula is C12H15F2NO3. The van der Waals surface area contributed by atoms with E-state index in [1.807, 2.05) is 0 Å². The van der Waals surface area contributed by atoms with Crippen molar-refractivity contribution in [2.24, 2.45) is 0 Å². The SMILES string of the molecule is O=C(Cc1c(F)cccc1F)N(CCO)CCO. The van der Waals surface area contributed by atoms with E-state index in [1.165, 1.54) is 6.07 Å². The molecule has 0 bridgehead atoms. The van der Waals surface area contributed by atoms with E-state index in [2.05, 4.69) is 0 Å². The van der Waals surface area contributed by atoms with Crippen LogP contribution < -0.4 is 0 Å². The molecule has 2 N–H and O–H groups in total. The number of amides is 1. The van der Waals surface area contributed by atoms with Crippen molar-refractivity contribution in [1.82, 2.24) is 4.90 Å². The van der Waals surface area contributed by atoms with Gasteiger partial charge in [-0.25, -0.2) is 8.78 Å². The number of halogens is 2. The lowest BCUT2D eigenvalue weighted by Crippen LogP contribution is -2.37. The first-order chi connectivity index (χ1) is 8.60. The van der Waals surface area contributed by atoms with Crippen LogP contribution in [0.15, 0.2) is 18.2 Å². The van der Waals surface area contributed by atoms with Gasteiger partial charge in [0.2, 0.25) is 5.91 Å². The molecule has 0 unspecified atom stereocenters. The predicted molar refractivity (Wildman–Crippen MR) is 60.8 cm³/mol. The number of rotatable bonds is 6. The summed E-state index contributed by atoms with van der Waals surface area (Å²) in [6, 6.07) is 3.38. The Kier molecular flexibility index (Phi) is 5.67. The molecule has 0 heterocycles. The Morgan fingerprint density at radius 1 is 1.11 bits per heavy atom. The molecule has 1 rings (SSSR count). The van der Waals surface area contributed by atoms with E-state index in [0.29, 0.717) is 0 Å². The largest absolute Gasteiger partial charge is 0.395 e. The first-order valence-corrected chi connectivity index (χ1v) is 5.52. The number of aliphatic hydroxyl groups is 2. The van der Waals surface area contributed by atoms with Gasteiger partial charge in [-0.3, -0.25) is 4.79 Å². The molecule has 0 radical (unpaired) electrons. The van der Waals surface area contributed by atoms with Crippen molar-refractivity contribution in [3.8, 4) is 0 Å². The highest BCUT2D eigenvalue weighted by atomic mass is 19.1. The quantitative estimate of drug-likeness (QED) is 0.773. The third kappa shape index (κ3) is 3.75. The van der Waals surface area contributed by atoms with E-state index in [0.717, 1.165) is 17.0 Å². The summed E-state index contributed by atoms with van der Waals surface area (Å²) >= 11 is 0. The zero-order valence-electron chi connectivity index (χ0n) is 9.77. The van der Waals surface area contributed by atoms with Crippen LogP contribution in [0, 0.1) is 11.6 Å². The highest BCUT2D eigenvalue weighted by Crippen LogP contribution is 2.13. The van der Waals surface area contributed by atoms with Gasteiger partial charge in [0, 0.05) is 18.7 Å². The van der Waals surface area contributed by atoms with Crippen LogP contribution in [0.4, 0.5) is 8.78 Å². The van der Waals surface area contributed by atoms with E-state index in [9.17, 15) is 13.6 Å². The number of carbonyl (C=O) groups excluding carboxylic acids is 1. The number of benzene rings is 1. The molecule has 0 aromatic heterocycles. The summed E-state index contributed by atoms with van der Waals surface area (Å²) in [6.45, 7) is -0.498. The minimum atomic E-state index is -0.781. The molecule has 0 spiro atoms. The molecule has 0 aliphatic rings. The molecule has 0 aliphatic carbocycles. The monoisotopic (exact) mass is 259 g/mol. The molecule has 100 valence electrons. The van der Waals surface area contributed by atoms with Gasteiger partial charge in [-0.15, -0.1) is 0 Å². The number of aliphatic hydroxyl groups excluding tert-OH is 2. The molecule has 1 aromatic rings. The maximum atomic E-state index is 13.3. The second kappa shape index (κ2) is 7.03. The van der Waals surface area contributed by atoms with Gasteiger partial charge in [-0.05, 0) is 12.1 Å². The highest BCUT2D eigenvalue weighted by Gasteiger charge is 2.17. The fraction of sp³-hybridized carbons (Fsp3) is 0.417. The summed E-state index contributed by atoms with van der Waals surface area (Å²) in [7, 11) is 0. The molecule has 1 amide bonds. The van der Waals surface area contributed by atoms with Crippen molar-refractivity contribution < 1.29 is 23.8 Å². The smallest absolute Gasteiger partial charge is 0.227 e. The number of hydrogen-bond donors (Lipinski definition) is 2. The number of nitrogens with zero attached hydrogens (tertiary/aromatic N) is 1. The standard InChI is InChI=1S/C12H15F2NO3/c13-10-2-1-3-11(14)9(10)8-12(18)15(4-6-16)5-7-17/h1-3,16-17H,4-8H2. The van der Waals surface area contributed by atoms with Gasteiger partial charge in [-0.1, -0.05) is 6.07 Å². The summed E-state index contributed by atoms with van der Waals surface area (Å²) in [5.41, 5.74) is -0.302. The second-order valence-electron chi connectivity index (χ2n) is 3.70.